The van der Waals surface area contributed by atoms with E-state index in [0.717, 1.165) is 17.0 Å². The molecular weight excluding hydrogens is 292 g/mol. The first-order valence-electron chi connectivity index (χ1n) is 7.03. The zero-order valence-electron chi connectivity index (χ0n) is 12.6. The highest BCUT2D eigenvalue weighted by Crippen LogP contribution is 2.28. The van der Waals surface area contributed by atoms with Crippen molar-refractivity contribution in [3.8, 4) is 5.75 Å². The second kappa shape index (κ2) is 6.69. The molecule has 0 radical (unpaired) electrons. The Labute approximate surface area is 133 Å². The Hall–Kier alpha value is -3.22. The first-order chi connectivity index (χ1) is 11.3. The maximum absolute atomic E-state index is 5.87. The van der Waals surface area contributed by atoms with Gasteiger partial charge >= 0.3 is 0 Å². The van der Waals surface area contributed by atoms with Gasteiger partial charge in [0.1, 0.15) is 11.4 Å². The molecule has 0 atom stereocenters. The van der Waals surface area contributed by atoms with E-state index in [1.54, 1.807) is 25.6 Å². The van der Waals surface area contributed by atoms with Crippen LogP contribution < -0.4 is 10.5 Å². The second-order valence-corrected chi connectivity index (χ2v) is 4.87. The van der Waals surface area contributed by atoms with Crippen molar-refractivity contribution in [2.45, 2.75) is 6.42 Å². The number of nitrogens with one attached hydrogen (secondary N) is 1. The van der Waals surface area contributed by atoms with Gasteiger partial charge in [0.05, 0.1) is 19.0 Å². The van der Waals surface area contributed by atoms with Gasteiger partial charge in [0.2, 0.25) is 0 Å². The molecule has 7 heteroatoms. The lowest BCUT2D eigenvalue weighted by Crippen LogP contribution is -1.90. The first kappa shape index (κ1) is 14.7. The van der Waals surface area contributed by atoms with Crippen molar-refractivity contribution in [2.75, 3.05) is 12.8 Å². The molecule has 2 heterocycles. The van der Waals surface area contributed by atoms with Crippen LogP contribution in [0.1, 0.15) is 11.3 Å². The lowest BCUT2D eigenvalue weighted by molar-refractivity contribution is 0.414. The summed E-state index contributed by atoms with van der Waals surface area (Å²) in [5.41, 5.74) is 8.97. The number of nitrogen functional groups attached to an aromatic ring is 1. The van der Waals surface area contributed by atoms with Gasteiger partial charge in [-0.05, 0) is 29.8 Å². The van der Waals surface area contributed by atoms with Crippen molar-refractivity contribution in [3.63, 3.8) is 0 Å². The number of aromatic amines is 1. The highest BCUT2D eigenvalue weighted by atomic mass is 16.5. The molecule has 1 aromatic carbocycles. The minimum absolute atomic E-state index is 0.321. The predicted octanol–water partition coefficient (Wildman–Crippen LogP) is 3.40. The number of benzene rings is 1. The molecule has 0 spiro atoms. The summed E-state index contributed by atoms with van der Waals surface area (Å²) < 4.78 is 5.16. The van der Waals surface area contributed by atoms with E-state index >= 15 is 0 Å². The molecule has 2 aromatic heterocycles. The number of azo groups is 1. The largest absolute Gasteiger partial charge is 0.497 e. The Bertz CT molecular complexity index is 795. The number of aromatic nitrogens is 3. The molecule has 0 amide bonds. The molecule has 0 fully saturated rings. The number of ether oxygens (including phenoxy) is 1. The quantitative estimate of drug-likeness (QED) is 0.705. The fourth-order valence-corrected chi connectivity index (χ4v) is 2.09. The van der Waals surface area contributed by atoms with Gasteiger partial charge in [-0.3, -0.25) is 10.1 Å². The maximum Gasteiger partial charge on any atom is 0.173 e. The standard InChI is InChI=1S/C16H16N6O/c1-23-13-6-4-11(5-7-13)9-14-15(16(17)22-20-14)21-19-12-3-2-8-18-10-12/h2-8,10H,9H2,1H3,(H3,17,20,22). The topological polar surface area (TPSA) is 102 Å². The van der Waals surface area contributed by atoms with Gasteiger partial charge in [-0.2, -0.15) is 5.10 Å². The van der Waals surface area contributed by atoms with Crippen molar-refractivity contribution >= 4 is 17.2 Å². The summed E-state index contributed by atoms with van der Waals surface area (Å²) in [5, 5.41) is 15.3. The van der Waals surface area contributed by atoms with Gasteiger partial charge in [-0.1, -0.05) is 12.1 Å². The van der Waals surface area contributed by atoms with Gasteiger partial charge < -0.3 is 10.5 Å². The summed E-state index contributed by atoms with van der Waals surface area (Å²) in [5.74, 6) is 1.13. The SMILES string of the molecule is COc1ccc(Cc2[nH]nc(N)c2N=Nc2cccnc2)cc1. The third-order valence-electron chi connectivity index (χ3n) is 3.29. The smallest absolute Gasteiger partial charge is 0.173 e. The van der Waals surface area contributed by atoms with Crippen LogP contribution in [-0.2, 0) is 6.42 Å². The number of H-pyrrole nitrogens is 1. The van der Waals surface area contributed by atoms with Crippen molar-refractivity contribution in [1.82, 2.24) is 15.2 Å². The normalized spacial score (nSPS) is 11.0. The van der Waals surface area contributed by atoms with E-state index in [9.17, 15) is 0 Å². The number of pyridine rings is 1. The summed E-state index contributed by atoms with van der Waals surface area (Å²) in [6.07, 6.45) is 3.93. The van der Waals surface area contributed by atoms with Crippen LogP contribution in [0, 0.1) is 0 Å². The number of anilines is 1. The van der Waals surface area contributed by atoms with Crippen LogP contribution in [-0.4, -0.2) is 22.3 Å². The van der Waals surface area contributed by atoms with Gasteiger partial charge in [-0.15, -0.1) is 10.2 Å². The molecule has 3 aromatic rings. The number of nitrogens with two attached hydrogens (primary N) is 1. The van der Waals surface area contributed by atoms with Crippen molar-refractivity contribution in [2.24, 2.45) is 10.2 Å². The van der Waals surface area contributed by atoms with Crippen LogP contribution in [0.2, 0.25) is 0 Å². The van der Waals surface area contributed by atoms with Crippen LogP contribution in [0.25, 0.3) is 0 Å². The molecular formula is C16H16N6O. The third-order valence-corrected chi connectivity index (χ3v) is 3.29. The zero-order chi connectivity index (χ0) is 16.1. The highest BCUT2D eigenvalue weighted by Gasteiger charge is 2.11. The monoisotopic (exact) mass is 308 g/mol. The Balaban J connectivity index is 1.82. The van der Waals surface area contributed by atoms with Crippen molar-refractivity contribution in [1.29, 1.82) is 0 Å². The summed E-state index contributed by atoms with van der Waals surface area (Å²) in [6, 6.07) is 11.4. The minimum Gasteiger partial charge on any atom is -0.497 e. The second-order valence-electron chi connectivity index (χ2n) is 4.87. The van der Waals surface area contributed by atoms with E-state index < -0.39 is 0 Å². The Morgan fingerprint density at radius 2 is 2.00 bits per heavy atom. The number of nitrogens with zero attached hydrogens (tertiary/aromatic N) is 4. The highest BCUT2D eigenvalue weighted by molar-refractivity contribution is 5.61. The fraction of sp³-hybridized carbons (Fsp3) is 0.125. The molecule has 3 rings (SSSR count). The summed E-state index contributed by atoms with van der Waals surface area (Å²) in [6.45, 7) is 0. The van der Waals surface area contributed by atoms with Gasteiger partial charge in [0.25, 0.3) is 0 Å². The van der Waals surface area contributed by atoms with E-state index in [1.807, 2.05) is 30.3 Å². The molecule has 0 bridgehead atoms. The number of hydrogen-bond donors (Lipinski definition) is 2. The maximum atomic E-state index is 5.87. The molecule has 23 heavy (non-hydrogen) atoms. The van der Waals surface area contributed by atoms with E-state index in [4.69, 9.17) is 10.5 Å². The summed E-state index contributed by atoms with van der Waals surface area (Å²) >= 11 is 0. The summed E-state index contributed by atoms with van der Waals surface area (Å²) in [4.78, 5) is 3.99. The molecule has 3 N–H and O–H groups in total. The molecule has 0 aliphatic rings. The van der Waals surface area contributed by atoms with E-state index in [2.05, 4.69) is 25.4 Å². The van der Waals surface area contributed by atoms with Gasteiger partial charge in [-0.25, -0.2) is 0 Å². The lowest BCUT2D eigenvalue weighted by atomic mass is 10.1. The first-order valence-corrected chi connectivity index (χ1v) is 7.03. The molecule has 0 unspecified atom stereocenters. The van der Waals surface area contributed by atoms with Crippen molar-refractivity contribution in [3.05, 3.63) is 60.0 Å². The van der Waals surface area contributed by atoms with Crippen LogP contribution in [0.5, 0.6) is 5.75 Å². The number of methoxy groups -OCH3 is 1. The van der Waals surface area contributed by atoms with Crippen LogP contribution >= 0.6 is 0 Å². The molecule has 0 aliphatic carbocycles. The van der Waals surface area contributed by atoms with E-state index in [-0.39, 0.29) is 0 Å². The summed E-state index contributed by atoms with van der Waals surface area (Å²) in [7, 11) is 1.64. The number of hydrogen-bond acceptors (Lipinski definition) is 6. The molecule has 7 nitrogen and oxygen atoms in total. The lowest BCUT2D eigenvalue weighted by Gasteiger charge is -2.03. The Morgan fingerprint density at radius 1 is 1.17 bits per heavy atom. The van der Waals surface area contributed by atoms with Gasteiger partial charge in [0.15, 0.2) is 11.5 Å². The van der Waals surface area contributed by atoms with Crippen LogP contribution in [0.15, 0.2) is 59.0 Å². The fourth-order valence-electron chi connectivity index (χ4n) is 2.09. The minimum atomic E-state index is 0.321. The van der Waals surface area contributed by atoms with E-state index in [1.165, 1.54) is 0 Å². The Kier molecular flexibility index (Phi) is 4.28. The Morgan fingerprint density at radius 3 is 2.70 bits per heavy atom. The average Bonchev–Trinajstić information content (AvgIpc) is 2.94. The zero-order valence-corrected chi connectivity index (χ0v) is 12.6. The molecule has 0 saturated carbocycles. The molecule has 0 saturated heterocycles. The van der Waals surface area contributed by atoms with E-state index in [0.29, 0.717) is 23.6 Å². The van der Waals surface area contributed by atoms with Crippen molar-refractivity contribution < 1.29 is 4.74 Å². The van der Waals surface area contributed by atoms with Crippen LogP contribution in [0.3, 0.4) is 0 Å². The predicted molar refractivity (Wildman–Crippen MR) is 87.2 cm³/mol. The molecule has 116 valence electrons. The molecule has 0 aliphatic heterocycles. The third kappa shape index (κ3) is 3.52. The average molecular weight is 308 g/mol. The number of rotatable bonds is 5. The van der Waals surface area contributed by atoms with Crippen LogP contribution in [0.4, 0.5) is 17.2 Å². The van der Waals surface area contributed by atoms with Gasteiger partial charge in [0, 0.05) is 12.6 Å².